The molecule has 1 unspecified atom stereocenters. The summed E-state index contributed by atoms with van der Waals surface area (Å²) in [5, 5.41) is 17.8. The Bertz CT molecular complexity index is 1220. The van der Waals surface area contributed by atoms with E-state index in [1.807, 2.05) is 79.7 Å². The zero-order valence-corrected chi connectivity index (χ0v) is 23.0. The van der Waals surface area contributed by atoms with Gasteiger partial charge in [-0.25, -0.2) is 4.79 Å². The minimum absolute atomic E-state index is 0.00115. The standard InChI is InChI=1S/C30H35N3O5S/c1-3-31-30(36)32-17-21-4-10-24(11-5-21)29-37-26(16-28(38-29)23-8-6-22(18-34)7-9-23)19-39-27-14-12-25(13-15-27)33-20(2)35/h4-15,26,28-29,34H,3,16-19H2,1-2H3,(H,33,35)(H2,31,32,36)/t26-,28+,29?/m0/s1. The van der Waals surface area contributed by atoms with Crippen LogP contribution in [0.25, 0.3) is 0 Å². The van der Waals surface area contributed by atoms with Crippen LogP contribution in [-0.2, 0) is 27.4 Å². The van der Waals surface area contributed by atoms with Crippen LogP contribution in [0.1, 0.15) is 54.9 Å². The van der Waals surface area contributed by atoms with E-state index in [1.54, 1.807) is 11.8 Å². The van der Waals surface area contributed by atoms with Crippen LogP contribution < -0.4 is 16.0 Å². The molecule has 0 aromatic heterocycles. The van der Waals surface area contributed by atoms with Gasteiger partial charge in [0.05, 0.1) is 18.8 Å². The van der Waals surface area contributed by atoms with E-state index in [-0.39, 0.29) is 30.8 Å². The summed E-state index contributed by atoms with van der Waals surface area (Å²) in [6, 6.07) is 23.3. The Balaban J connectivity index is 1.45. The van der Waals surface area contributed by atoms with E-state index in [0.717, 1.165) is 38.6 Å². The Morgan fingerprint density at radius 1 is 0.897 bits per heavy atom. The molecular formula is C30H35N3O5S. The van der Waals surface area contributed by atoms with Crippen LogP contribution in [0.5, 0.6) is 0 Å². The molecule has 1 heterocycles. The van der Waals surface area contributed by atoms with E-state index < -0.39 is 6.29 Å². The Morgan fingerprint density at radius 3 is 2.21 bits per heavy atom. The highest BCUT2D eigenvalue weighted by molar-refractivity contribution is 7.99. The molecule has 3 atom stereocenters. The number of rotatable bonds is 10. The van der Waals surface area contributed by atoms with Crippen LogP contribution in [-0.4, -0.2) is 35.4 Å². The van der Waals surface area contributed by atoms with Gasteiger partial charge in [-0.3, -0.25) is 4.79 Å². The second-order valence-corrected chi connectivity index (χ2v) is 10.4. The maximum absolute atomic E-state index is 11.7. The number of urea groups is 1. The maximum atomic E-state index is 11.7. The van der Waals surface area contributed by atoms with Gasteiger partial charge in [0.25, 0.3) is 0 Å². The van der Waals surface area contributed by atoms with Crippen molar-refractivity contribution < 1.29 is 24.2 Å². The van der Waals surface area contributed by atoms with Crippen LogP contribution in [0.3, 0.4) is 0 Å². The third kappa shape index (κ3) is 8.56. The molecule has 3 aromatic carbocycles. The van der Waals surface area contributed by atoms with E-state index in [9.17, 15) is 14.7 Å². The Morgan fingerprint density at radius 2 is 1.56 bits per heavy atom. The van der Waals surface area contributed by atoms with Gasteiger partial charge < -0.3 is 30.5 Å². The molecule has 39 heavy (non-hydrogen) atoms. The van der Waals surface area contributed by atoms with Crippen molar-refractivity contribution in [2.24, 2.45) is 0 Å². The average molecular weight is 550 g/mol. The number of benzene rings is 3. The van der Waals surface area contributed by atoms with Gasteiger partial charge in [0.15, 0.2) is 6.29 Å². The molecule has 8 nitrogen and oxygen atoms in total. The highest BCUT2D eigenvalue weighted by Gasteiger charge is 2.32. The molecule has 3 aromatic rings. The number of anilines is 1. The van der Waals surface area contributed by atoms with Crippen molar-refractivity contribution in [2.75, 3.05) is 17.6 Å². The number of amides is 3. The maximum Gasteiger partial charge on any atom is 0.315 e. The number of carbonyl (C=O) groups excluding carboxylic acids is 2. The molecule has 0 saturated carbocycles. The summed E-state index contributed by atoms with van der Waals surface area (Å²) >= 11 is 1.70. The normalized spacial score (nSPS) is 18.8. The molecule has 0 radical (unpaired) electrons. The number of aliphatic hydroxyl groups is 1. The molecule has 1 fully saturated rings. The van der Waals surface area contributed by atoms with Crippen molar-refractivity contribution in [3.05, 3.63) is 95.1 Å². The number of hydrogen-bond acceptors (Lipinski definition) is 6. The van der Waals surface area contributed by atoms with Crippen LogP contribution in [0, 0.1) is 0 Å². The molecule has 9 heteroatoms. The first-order valence-corrected chi connectivity index (χ1v) is 14.0. The van der Waals surface area contributed by atoms with E-state index in [1.165, 1.54) is 6.92 Å². The number of ether oxygens (including phenoxy) is 2. The molecule has 1 aliphatic rings. The number of carbonyl (C=O) groups is 2. The minimum atomic E-state index is -0.542. The largest absolute Gasteiger partial charge is 0.392 e. The molecule has 4 rings (SSSR count). The third-order valence-electron chi connectivity index (χ3n) is 6.27. The lowest BCUT2D eigenvalue weighted by atomic mass is 10.0. The van der Waals surface area contributed by atoms with Crippen LogP contribution >= 0.6 is 11.8 Å². The summed E-state index contributed by atoms with van der Waals surface area (Å²) in [4.78, 5) is 24.1. The first kappa shape index (κ1) is 28.6. The summed E-state index contributed by atoms with van der Waals surface area (Å²) in [6.07, 6.45) is -0.0753. The molecule has 1 aliphatic heterocycles. The van der Waals surface area contributed by atoms with E-state index in [2.05, 4.69) is 16.0 Å². The number of nitrogens with one attached hydrogen (secondary N) is 3. The SMILES string of the molecule is CCNC(=O)NCc1ccc(C2O[C@H](CSc3ccc(NC(C)=O)cc3)C[C@H](c3ccc(CO)cc3)O2)cc1. The number of hydrogen-bond donors (Lipinski definition) is 4. The van der Waals surface area contributed by atoms with Gasteiger partial charge in [0, 0.05) is 48.3 Å². The quantitative estimate of drug-likeness (QED) is 0.256. The summed E-state index contributed by atoms with van der Waals surface area (Å²) < 4.78 is 12.8. The van der Waals surface area contributed by atoms with Gasteiger partial charge in [-0.2, -0.15) is 0 Å². The van der Waals surface area contributed by atoms with Crippen molar-refractivity contribution in [1.29, 1.82) is 0 Å². The van der Waals surface area contributed by atoms with Gasteiger partial charge in [0.2, 0.25) is 5.91 Å². The van der Waals surface area contributed by atoms with Crippen molar-refractivity contribution >= 4 is 29.4 Å². The highest BCUT2D eigenvalue weighted by Crippen LogP contribution is 2.39. The van der Waals surface area contributed by atoms with Gasteiger partial charge in [-0.05, 0) is 47.9 Å². The van der Waals surface area contributed by atoms with E-state index >= 15 is 0 Å². The lowest BCUT2D eigenvalue weighted by molar-refractivity contribution is -0.245. The Labute approximate surface area is 233 Å². The fourth-order valence-corrected chi connectivity index (χ4v) is 5.17. The summed E-state index contributed by atoms with van der Waals surface area (Å²) in [5.74, 6) is 0.639. The van der Waals surface area contributed by atoms with Crippen LogP contribution in [0.4, 0.5) is 10.5 Å². The average Bonchev–Trinajstić information content (AvgIpc) is 2.96. The van der Waals surface area contributed by atoms with Crippen molar-refractivity contribution in [2.45, 2.75) is 56.8 Å². The van der Waals surface area contributed by atoms with Crippen molar-refractivity contribution in [3.63, 3.8) is 0 Å². The molecule has 1 saturated heterocycles. The molecule has 0 spiro atoms. The second kappa shape index (κ2) is 14.1. The van der Waals surface area contributed by atoms with E-state index in [4.69, 9.17) is 9.47 Å². The first-order chi connectivity index (χ1) is 18.9. The fraction of sp³-hybridized carbons (Fsp3) is 0.333. The summed E-state index contributed by atoms with van der Waals surface area (Å²) in [5.41, 5.74) is 4.55. The minimum Gasteiger partial charge on any atom is -0.392 e. The number of aliphatic hydroxyl groups excluding tert-OH is 1. The number of thioether (sulfide) groups is 1. The van der Waals surface area contributed by atoms with Crippen LogP contribution in [0.2, 0.25) is 0 Å². The van der Waals surface area contributed by atoms with Gasteiger partial charge in [-0.1, -0.05) is 48.5 Å². The smallest absolute Gasteiger partial charge is 0.315 e. The van der Waals surface area contributed by atoms with Crippen molar-refractivity contribution in [1.82, 2.24) is 10.6 Å². The zero-order valence-electron chi connectivity index (χ0n) is 22.2. The summed E-state index contributed by atoms with van der Waals surface area (Å²) in [6.45, 7) is 4.37. The Kier molecular flexibility index (Phi) is 10.4. The molecule has 206 valence electrons. The topological polar surface area (TPSA) is 109 Å². The molecule has 4 N–H and O–H groups in total. The lowest BCUT2D eigenvalue weighted by Gasteiger charge is -2.36. The Hall–Kier alpha value is -3.37. The van der Waals surface area contributed by atoms with Gasteiger partial charge in [-0.15, -0.1) is 11.8 Å². The fourth-order valence-electron chi connectivity index (χ4n) is 4.25. The predicted octanol–water partition coefficient (Wildman–Crippen LogP) is 5.29. The molecule has 0 aliphatic carbocycles. The molecule has 3 amide bonds. The molecule has 0 bridgehead atoms. The third-order valence-corrected chi connectivity index (χ3v) is 7.41. The summed E-state index contributed by atoms with van der Waals surface area (Å²) in [7, 11) is 0. The lowest BCUT2D eigenvalue weighted by Crippen LogP contribution is -2.34. The monoisotopic (exact) mass is 549 g/mol. The van der Waals surface area contributed by atoms with Crippen LogP contribution in [0.15, 0.2) is 77.7 Å². The van der Waals surface area contributed by atoms with E-state index in [0.29, 0.717) is 19.5 Å². The molecular weight excluding hydrogens is 514 g/mol. The van der Waals surface area contributed by atoms with Gasteiger partial charge in [0.1, 0.15) is 0 Å². The zero-order chi connectivity index (χ0) is 27.6. The highest BCUT2D eigenvalue weighted by atomic mass is 32.2. The predicted molar refractivity (Wildman–Crippen MR) is 152 cm³/mol. The van der Waals surface area contributed by atoms with Gasteiger partial charge >= 0.3 is 6.03 Å². The van der Waals surface area contributed by atoms with Crippen molar-refractivity contribution in [3.8, 4) is 0 Å². The second-order valence-electron chi connectivity index (χ2n) is 9.32. The first-order valence-electron chi connectivity index (χ1n) is 13.0.